The molecule has 1 atom stereocenters. The smallest absolute Gasteiger partial charge is 0.335 e. The van der Waals surface area contributed by atoms with Crippen molar-refractivity contribution >= 4 is 21.7 Å². The predicted molar refractivity (Wildman–Crippen MR) is 102 cm³/mol. The van der Waals surface area contributed by atoms with Crippen molar-refractivity contribution in [2.24, 2.45) is 0 Å². The summed E-state index contributed by atoms with van der Waals surface area (Å²) in [5.74, 6) is -1.17. The first-order valence-corrected chi connectivity index (χ1v) is 9.99. The van der Waals surface area contributed by atoms with Crippen molar-refractivity contribution in [2.45, 2.75) is 37.6 Å². The Morgan fingerprint density at radius 1 is 1.15 bits per heavy atom. The van der Waals surface area contributed by atoms with Crippen molar-refractivity contribution < 1.29 is 18.3 Å². The minimum atomic E-state index is -3.85. The largest absolute Gasteiger partial charge is 0.478 e. The second-order valence-electron chi connectivity index (χ2n) is 6.10. The molecule has 0 amide bonds. The van der Waals surface area contributed by atoms with Crippen molar-refractivity contribution in [3.05, 3.63) is 59.7 Å². The number of carboxylic acids is 1. The van der Waals surface area contributed by atoms with Crippen LogP contribution in [0.3, 0.4) is 0 Å². The van der Waals surface area contributed by atoms with E-state index in [1.807, 2.05) is 44.2 Å². The molecule has 2 rings (SSSR count). The molecule has 0 saturated carbocycles. The van der Waals surface area contributed by atoms with Crippen molar-refractivity contribution in [1.82, 2.24) is 4.72 Å². The Labute approximate surface area is 154 Å². The number of sulfonamides is 1. The van der Waals surface area contributed by atoms with Gasteiger partial charge >= 0.3 is 5.97 Å². The SMILES string of the molecule is CC[C@H](C)Nc1ccc(C(=O)O)cc1S(=O)(=O)NCCc1ccccc1. The summed E-state index contributed by atoms with van der Waals surface area (Å²) in [6, 6.07) is 13.7. The standard InChI is InChI=1S/C19H24N2O4S/c1-3-14(2)21-17-10-9-16(19(22)23)13-18(17)26(24,25)20-12-11-15-7-5-4-6-8-15/h4-10,13-14,20-21H,3,11-12H2,1-2H3,(H,22,23)/t14-/m0/s1. The van der Waals surface area contributed by atoms with E-state index in [9.17, 15) is 18.3 Å². The van der Waals surface area contributed by atoms with Crippen LogP contribution in [0.1, 0.15) is 36.2 Å². The summed E-state index contributed by atoms with van der Waals surface area (Å²) in [6.07, 6.45) is 1.36. The van der Waals surface area contributed by atoms with Gasteiger partial charge in [-0.05, 0) is 43.5 Å². The molecule has 0 saturated heterocycles. The summed E-state index contributed by atoms with van der Waals surface area (Å²) in [5.41, 5.74) is 1.35. The van der Waals surface area contributed by atoms with Crippen LogP contribution < -0.4 is 10.0 Å². The number of carbonyl (C=O) groups is 1. The Bertz CT molecular complexity index is 851. The van der Waals surface area contributed by atoms with Crippen LogP contribution in [0.2, 0.25) is 0 Å². The fraction of sp³-hybridized carbons (Fsp3) is 0.316. The van der Waals surface area contributed by atoms with Crippen LogP contribution in [0.15, 0.2) is 53.4 Å². The van der Waals surface area contributed by atoms with Gasteiger partial charge in [0.2, 0.25) is 10.0 Å². The van der Waals surface area contributed by atoms with Crippen LogP contribution in [0.4, 0.5) is 5.69 Å². The van der Waals surface area contributed by atoms with E-state index in [0.29, 0.717) is 12.1 Å². The van der Waals surface area contributed by atoms with E-state index in [1.165, 1.54) is 18.2 Å². The highest BCUT2D eigenvalue weighted by Gasteiger charge is 2.21. The van der Waals surface area contributed by atoms with Gasteiger partial charge in [-0.2, -0.15) is 0 Å². The summed E-state index contributed by atoms with van der Waals surface area (Å²) >= 11 is 0. The number of nitrogens with one attached hydrogen (secondary N) is 2. The van der Waals surface area contributed by atoms with E-state index in [2.05, 4.69) is 10.0 Å². The van der Waals surface area contributed by atoms with Crippen molar-refractivity contribution in [1.29, 1.82) is 0 Å². The van der Waals surface area contributed by atoms with Crippen molar-refractivity contribution in [3.63, 3.8) is 0 Å². The fourth-order valence-corrected chi connectivity index (χ4v) is 3.64. The van der Waals surface area contributed by atoms with E-state index in [0.717, 1.165) is 12.0 Å². The van der Waals surface area contributed by atoms with E-state index in [-0.39, 0.29) is 23.0 Å². The molecule has 140 valence electrons. The Kier molecular flexibility index (Phi) is 6.76. The van der Waals surface area contributed by atoms with Gasteiger partial charge in [-0.1, -0.05) is 37.3 Å². The van der Waals surface area contributed by atoms with Gasteiger partial charge in [0.1, 0.15) is 4.90 Å². The number of hydrogen-bond acceptors (Lipinski definition) is 4. The third-order valence-corrected chi connectivity index (χ3v) is 5.58. The summed E-state index contributed by atoms with van der Waals surface area (Å²) in [6.45, 7) is 4.15. The lowest BCUT2D eigenvalue weighted by atomic mass is 10.2. The van der Waals surface area contributed by atoms with E-state index < -0.39 is 16.0 Å². The Balaban J connectivity index is 2.24. The first-order chi connectivity index (χ1) is 12.3. The molecule has 0 spiro atoms. The van der Waals surface area contributed by atoms with Crippen LogP contribution in [0, 0.1) is 0 Å². The maximum Gasteiger partial charge on any atom is 0.335 e. The summed E-state index contributed by atoms with van der Waals surface area (Å²) in [7, 11) is -3.85. The molecule has 0 unspecified atom stereocenters. The quantitative estimate of drug-likeness (QED) is 0.625. The molecule has 0 heterocycles. The van der Waals surface area contributed by atoms with Crippen LogP contribution >= 0.6 is 0 Å². The van der Waals surface area contributed by atoms with Gasteiger partial charge in [0.25, 0.3) is 0 Å². The number of hydrogen-bond donors (Lipinski definition) is 3. The Morgan fingerprint density at radius 3 is 2.46 bits per heavy atom. The Morgan fingerprint density at radius 2 is 1.85 bits per heavy atom. The minimum Gasteiger partial charge on any atom is -0.478 e. The van der Waals surface area contributed by atoms with Gasteiger partial charge in [-0.25, -0.2) is 17.9 Å². The monoisotopic (exact) mass is 376 g/mol. The lowest BCUT2D eigenvalue weighted by Crippen LogP contribution is -2.28. The van der Waals surface area contributed by atoms with Gasteiger partial charge in [0, 0.05) is 12.6 Å². The van der Waals surface area contributed by atoms with Gasteiger partial charge in [0.05, 0.1) is 11.3 Å². The highest BCUT2D eigenvalue weighted by molar-refractivity contribution is 7.89. The second kappa shape index (κ2) is 8.82. The molecule has 26 heavy (non-hydrogen) atoms. The van der Waals surface area contributed by atoms with E-state index >= 15 is 0 Å². The van der Waals surface area contributed by atoms with E-state index in [1.54, 1.807) is 0 Å². The first-order valence-electron chi connectivity index (χ1n) is 8.51. The van der Waals surface area contributed by atoms with Gasteiger partial charge < -0.3 is 10.4 Å². The van der Waals surface area contributed by atoms with Gasteiger partial charge in [0.15, 0.2) is 0 Å². The molecule has 6 nitrogen and oxygen atoms in total. The molecule has 3 N–H and O–H groups in total. The number of benzene rings is 2. The van der Waals surface area contributed by atoms with Gasteiger partial charge in [-0.15, -0.1) is 0 Å². The summed E-state index contributed by atoms with van der Waals surface area (Å²) < 4.78 is 28.0. The lowest BCUT2D eigenvalue weighted by molar-refractivity contribution is 0.0696. The number of anilines is 1. The third-order valence-electron chi connectivity index (χ3n) is 4.08. The zero-order chi connectivity index (χ0) is 19.2. The predicted octanol–water partition coefficient (Wildman–Crippen LogP) is 3.12. The average molecular weight is 376 g/mol. The topological polar surface area (TPSA) is 95.5 Å². The van der Waals surface area contributed by atoms with Gasteiger partial charge in [-0.3, -0.25) is 0 Å². The van der Waals surface area contributed by atoms with Crippen molar-refractivity contribution in [3.8, 4) is 0 Å². The Hall–Kier alpha value is -2.38. The molecule has 0 aliphatic heterocycles. The molecular weight excluding hydrogens is 352 g/mol. The highest BCUT2D eigenvalue weighted by Crippen LogP contribution is 2.24. The van der Waals surface area contributed by atoms with Crippen LogP contribution in [0.5, 0.6) is 0 Å². The number of rotatable bonds is 9. The van der Waals surface area contributed by atoms with Crippen LogP contribution in [-0.4, -0.2) is 32.1 Å². The average Bonchev–Trinajstić information content (AvgIpc) is 2.62. The molecule has 2 aromatic carbocycles. The molecule has 0 aromatic heterocycles. The minimum absolute atomic E-state index is 0.0502. The molecule has 0 radical (unpaired) electrons. The maximum atomic E-state index is 12.7. The fourth-order valence-electron chi connectivity index (χ4n) is 2.42. The second-order valence-corrected chi connectivity index (χ2v) is 7.84. The third kappa shape index (κ3) is 5.31. The van der Waals surface area contributed by atoms with Crippen LogP contribution in [0.25, 0.3) is 0 Å². The molecule has 0 aliphatic rings. The maximum absolute atomic E-state index is 12.7. The zero-order valence-corrected chi connectivity index (χ0v) is 15.7. The zero-order valence-electron chi connectivity index (χ0n) is 14.9. The molecule has 7 heteroatoms. The van der Waals surface area contributed by atoms with E-state index in [4.69, 9.17) is 0 Å². The van der Waals surface area contributed by atoms with Crippen molar-refractivity contribution in [2.75, 3.05) is 11.9 Å². The molecule has 0 bridgehead atoms. The highest BCUT2D eigenvalue weighted by atomic mass is 32.2. The molecular formula is C19H24N2O4S. The normalized spacial score (nSPS) is 12.5. The number of aromatic carboxylic acids is 1. The molecule has 0 fully saturated rings. The summed E-state index contributed by atoms with van der Waals surface area (Å²) in [5, 5.41) is 12.3. The van der Waals surface area contributed by atoms with Crippen LogP contribution in [-0.2, 0) is 16.4 Å². The molecule has 0 aliphatic carbocycles. The molecule has 2 aromatic rings. The number of carboxylic acid groups (broad SMARTS) is 1. The summed E-state index contributed by atoms with van der Waals surface area (Å²) in [4.78, 5) is 11.2. The first kappa shape index (κ1) is 19.9. The lowest BCUT2D eigenvalue weighted by Gasteiger charge is -2.18.